The first-order valence-electron chi connectivity index (χ1n) is 16.4. The smallest absolute Gasteiger partial charge is 0.0825 e. The highest BCUT2D eigenvalue weighted by Gasteiger charge is 2.19. The number of fused-ring (bicyclic) bond motifs is 7. The summed E-state index contributed by atoms with van der Waals surface area (Å²) in [5.74, 6) is 0. The van der Waals surface area contributed by atoms with Crippen molar-refractivity contribution >= 4 is 65.0 Å². The van der Waals surface area contributed by atoms with Crippen molar-refractivity contribution in [2.75, 3.05) is 0 Å². The van der Waals surface area contributed by atoms with Crippen molar-refractivity contribution in [3.8, 4) is 33.5 Å². The molecule has 2 nitrogen and oxygen atoms in total. The number of pyridine rings is 2. The molecule has 2 heterocycles. The monoisotopic (exact) mass is 608 g/mol. The number of aromatic nitrogens is 2. The van der Waals surface area contributed by atoms with Gasteiger partial charge in [0.15, 0.2) is 0 Å². The second-order valence-corrected chi connectivity index (χ2v) is 12.5. The Morgan fingerprint density at radius 3 is 1.67 bits per heavy atom. The molecule has 8 aromatic carbocycles. The van der Waals surface area contributed by atoms with Crippen molar-refractivity contribution in [2.45, 2.75) is 0 Å². The Morgan fingerprint density at radius 2 is 0.917 bits per heavy atom. The van der Waals surface area contributed by atoms with Gasteiger partial charge in [0.2, 0.25) is 0 Å². The van der Waals surface area contributed by atoms with Gasteiger partial charge in [-0.2, -0.15) is 0 Å². The van der Waals surface area contributed by atoms with Crippen molar-refractivity contribution in [1.29, 1.82) is 0 Å². The standard InChI is InChI=1S/C46H28N2/c1-2-14-30(15-3-1)45-40-27-31-16-5-11-24-41(31)47-46(40)39-26-25-32(28-42(39)48-45)43-35-19-7-9-21-37(35)44(38-22-10-8-20-36(38)43)34-23-12-17-29-13-4-6-18-33(29)34/h1-28H. The zero-order chi connectivity index (χ0) is 31.6. The van der Waals surface area contributed by atoms with E-state index in [0.29, 0.717) is 0 Å². The fraction of sp³-hybridized carbons (Fsp3) is 0. The number of nitrogens with zero attached hydrogens (tertiary/aromatic N) is 2. The molecule has 10 rings (SSSR count). The molecule has 0 spiro atoms. The lowest BCUT2D eigenvalue weighted by atomic mass is 9.84. The number of benzene rings is 8. The van der Waals surface area contributed by atoms with E-state index in [0.717, 1.165) is 49.5 Å². The molecule has 0 radical (unpaired) electrons. The highest BCUT2D eigenvalue weighted by molar-refractivity contribution is 6.24. The third-order valence-electron chi connectivity index (χ3n) is 9.79. The lowest BCUT2D eigenvalue weighted by Crippen LogP contribution is -1.94. The van der Waals surface area contributed by atoms with Gasteiger partial charge in [-0.05, 0) is 78.8 Å². The Kier molecular flexibility index (Phi) is 5.91. The van der Waals surface area contributed by atoms with E-state index in [4.69, 9.17) is 9.97 Å². The molecular formula is C46H28N2. The molecule has 222 valence electrons. The molecule has 0 unspecified atom stereocenters. The van der Waals surface area contributed by atoms with Crippen molar-refractivity contribution in [1.82, 2.24) is 9.97 Å². The lowest BCUT2D eigenvalue weighted by molar-refractivity contribution is 1.41. The van der Waals surface area contributed by atoms with E-state index >= 15 is 0 Å². The molecule has 10 aromatic rings. The minimum Gasteiger partial charge on any atom is -0.247 e. The maximum Gasteiger partial charge on any atom is 0.0825 e. The summed E-state index contributed by atoms with van der Waals surface area (Å²) < 4.78 is 0. The van der Waals surface area contributed by atoms with Crippen LogP contribution in [-0.4, -0.2) is 9.97 Å². The highest BCUT2D eigenvalue weighted by atomic mass is 14.8. The molecule has 2 aromatic heterocycles. The Morgan fingerprint density at radius 1 is 0.312 bits per heavy atom. The molecule has 2 heteroatoms. The molecule has 0 N–H and O–H groups in total. The fourth-order valence-corrected chi connectivity index (χ4v) is 7.65. The van der Waals surface area contributed by atoms with Crippen molar-refractivity contribution in [3.05, 3.63) is 170 Å². The van der Waals surface area contributed by atoms with Gasteiger partial charge in [-0.15, -0.1) is 0 Å². The van der Waals surface area contributed by atoms with Gasteiger partial charge in [-0.25, -0.2) is 9.97 Å². The highest BCUT2D eigenvalue weighted by Crippen LogP contribution is 2.46. The summed E-state index contributed by atoms with van der Waals surface area (Å²) in [4.78, 5) is 10.6. The largest absolute Gasteiger partial charge is 0.247 e. The number of rotatable bonds is 3. The fourth-order valence-electron chi connectivity index (χ4n) is 7.65. The summed E-state index contributed by atoms with van der Waals surface area (Å²) in [6, 6.07) is 60.9. The van der Waals surface area contributed by atoms with Gasteiger partial charge in [0.05, 0.1) is 22.2 Å². The number of para-hydroxylation sites is 1. The lowest BCUT2D eigenvalue weighted by Gasteiger charge is -2.19. The van der Waals surface area contributed by atoms with Gasteiger partial charge in [-0.3, -0.25) is 0 Å². The van der Waals surface area contributed by atoms with Crippen LogP contribution in [-0.2, 0) is 0 Å². The predicted molar refractivity (Wildman–Crippen MR) is 203 cm³/mol. The van der Waals surface area contributed by atoms with Crippen molar-refractivity contribution < 1.29 is 0 Å². The van der Waals surface area contributed by atoms with Crippen LogP contribution in [0.25, 0.3) is 98.5 Å². The third-order valence-corrected chi connectivity index (χ3v) is 9.79. The molecular weight excluding hydrogens is 581 g/mol. The Labute approximate surface area is 277 Å². The van der Waals surface area contributed by atoms with Crippen LogP contribution in [0, 0.1) is 0 Å². The Balaban J connectivity index is 1.30. The van der Waals surface area contributed by atoms with Gasteiger partial charge < -0.3 is 0 Å². The first-order valence-corrected chi connectivity index (χ1v) is 16.4. The van der Waals surface area contributed by atoms with Gasteiger partial charge in [0.25, 0.3) is 0 Å². The molecule has 0 atom stereocenters. The zero-order valence-corrected chi connectivity index (χ0v) is 26.1. The SMILES string of the molecule is c1ccc(-c2nc3cc(-c4c5ccccc5c(-c5cccc6ccccc56)c5ccccc45)ccc3c3nc4ccccc4cc23)cc1. The van der Waals surface area contributed by atoms with Crippen LogP contribution in [0.15, 0.2) is 170 Å². The minimum absolute atomic E-state index is 0.938. The van der Waals surface area contributed by atoms with Crippen LogP contribution in [0.3, 0.4) is 0 Å². The van der Waals surface area contributed by atoms with Gasteiger partial charge in [-0.1, -0.05) is 146 Å². The summed E-state index contributed by atoms with van der Waals surface area (Å²) >= 11 is 0. The Hall–Kier alpha value is -6.38. The van der Waals surface area contributed by atoms with Gasteiger partial charge in [0, 0.05) is 21.7 Å². The summed E-state index contributed by atoms with van der Waals surface area (Å²) in [6.07, 6.45) is 0. The topological polar surface area (TPSA) is 25.8 Å². The quantitative estimate of drug-likeness (QED) is 0.147. The predicted octanol–water partition coefficient (Wildman–Crippen LogP) is 12.4. The van der Waals surface area contributed by atoms with E-state index in [1.807, 2.05) is 0 Å². The van der Waals surface area contributed by atoms with Crippen LogP contribution in [0.1, 0.15) is 0 Å². The van der Waals surface area contributed by atoms with Gasteiger partial charge in [0.1, 0.15) is 0 Å². The second kappa shape index (κ2) is 10.6. The molecule has 48 heavy (non-hydrogen) atoms. The molecule has 0 bridgehead atoms. The van der Waals surface area contributed by atoms with Crippen LogP contribution in [0.4, 0.5) is 0 Å². The maximum atomic E-state index is 5.39. The normalized spacial score (nSPS) is 11.8. The average molecular weight is 609 g/mol. The van der Waals surface area contributed by atoms with Crippen LogP contribution >= 0.6 is 0 Å². The molecule has 0 amide bonds. The summed E-state index contributed by atoms with van der Waals surface area (Å²) in [7, 11) is 0. The van der Waals surface area contributed by atoms with E-state index in [9.17, 15) is 0 Å². The third kappa shape index (κ3) is 4.06. The van der Waals surface area contributed by atoms with E-state index < -0.39 is 0 Å². The summed E-state index contributed by atoms with van der Waals surface area (Å²) in [5, 5.41) is 10.7. The van der Waals surface area contributed by atoms with Crippen molar-refractivity contribution in [3.63, 3.8) is 0 Å². The average Bonchev–Trinajstić information content (AvgIpc) is 3.16. The van der Waals surface area contributed by atoms with Crippen LogP contribution in [0.2, 0.25) is 0 Å². The second-order valence-electron chi connectivity index (χ2n) is 12.5. The zero-order valence-electron chi connectivity index (χ0n) is 26.1. The van der Waals surface area contributed by atoms with E-state index in [2.05, 4.69) is 170 Å². The first-order chi connectivity index (χ1) is 23.8. The molecule has 0 aliphatic rings. The van der Waals surface area contributed by atoms with Crippen LogP contribution < -0.4 is 0 Å². The Bertz CT molecular complexity index is 2830. The van der Waals surface area contributed by atoms with Gasteiger partial charge >= 0.3 is 0 Å². The van der Waals surface area contributed by atoms with E-state index in [1.165, 1.54) is 49.0 Å². The molecule has 0 fully saturated rings. The molecule has 0 saturated carbocycles. The number of hydrogen-bond donors (Lipinski definition) is 0. The first kappa shape index (κ1) is 26.8. The summed E-state index contributed by atoms with van der Waals surface area (Å²) in [6.45, 7) is 0. The summed E-state index contributed by atoms with van der Waals surface area (Å²) in [5.41, 5.74) is 9.84. The minimum atomic E-state index is 0.938. The number of hydrogen-bond acceptors (Lipinski definition) is 2. The van der Waals surface area contributed by atoms with E-state index in [-0.39, 0.29) is 0 Å². The van der Waals surface area contributed by atoms with Crippen molar-refractivity contribution in [2.24, 2.45) is 0 Å². The van der Waals surface area contributed by atoms with Crippen LogP contribution in [0.5, 0.6) is 0 Å². The molecule has 0 aliphatic carbocycles. The van der Waals surface area contributed by atoms with E-state index in [1.54, 1.807) is 0 Å². The molecule has 0 aliphatic heterocycles. The maximum absolute atomic E-state index is 5.39. The molecule has 0 saturated heterocycles.